The van der Waals surface area contributed by atoms with Gasteiger partial charge in [0.05, 0.1) is 132 Å². The molecule has 0 radical (unpaired) electrons. The summed E-state index contributed by atoms with van der Waals surface area (Å²) in [5.41, 5.74) is 11.0. The molecule has 0 aliphatic heterocycles. The molecule has 0 atom stereocenters. The van der Waals surface area contributed by atoms with Gasteiger partial charge in [-0.2, -0.15) is 36.8 Å². The van der Waals surface area contributed by atoms with Gasteiger partial charge in [-0.1, -0.05) is 48.5 Å². The second-order valence-electron chi connectivity index (χ2n) is 20.4. The van der Waals surface area contributed by atoms with Crippen molar-refractivity contribution in [2.24, 2.45) is 0 Å². The van der Waals surface area contributed by atoms with Crippen LogP contribution in [-0.2, 0) is 0 Å². The van der Waals surface area contributed by atoms with Gasteiger partial charge in [0, 0.05) is 77.2 Å². The SMILES string of the molecule is [C-]#[N+]c1cc(C#N)c(-c2ccc3c(c2)c2cc(-c4c(C#N)cc(C#N)cc4[N+]#[C-])ccc2n3-c2ccc(C#N)cc2-c2ccc(C)cc2-n2c3ccc(-c4c(C#N)cc(C#N)cc4[N+]#[C-])cc3c3cc(-c4c(C#N)cc([N+]#[C-])cc4[N+]#[C-])ccc32)c([N+]#[C-])c1. The Labute approximate surface area is 508 Å². The van der Waals surface area contributed by atoms with E-state index in [2.05, 4.69) is 64.0 Å². The zero-order chi connectivity index (χ0) is 62.4. The Balaban J connectivity index is 1.17. The molecule has 0 aliphatic rings. The minimum Gasteiger partial charge on any atom is -0.309 e. The Morgan fingerprint density at radius 2 is 0.663 bits per heavy atom. The predicted molar refractivity (Wildman–Crippen MR) is 338 cm³/mol. The van der Waals surface area contributed by atoms with Gasteiger partial charge in [-0.3, -0.25) is 0 Å². The molecule has 0 fully saturated rings. The molecule has 0 saturated heterocycles. The van der Waals surface area contributed by atoms with Gasteiger partial charge in [0.2, 0.25) is 0 Å². The Bertz CT molecular complexity index is 5430. The van der Waals surface area contributed by atoms with Crippen LogP contribution in [0.2, 0.25) is 0 Å². The highest BCUT2D eigenvalue weighted by atomic mass is 15.0. The number of nitriles is 7. The van der Waals surface area contributed by atoms with Crippen molar-refractivity contribution >= 4 is 77.7 Å². The van der Waals surface area contributed by atoms with Crippen molar-refractivity contribution in [1.82, 2.24) is 9.13 Å². The van der Waals surface area contributed by atoms with Crippen molar-refractivity contribution < 1.29 is 0 Å². The first kappa shape index (κ1) is 54.7. The van der Waals surface area contributed by atoms with E-state index in [9.17, 15) is 36.8 Å². The molecule has 15 heteroatoms. The molecule has 400 valence electrons. The fourth-order valence-electron chi connectivity index (χ4n) is 11.9. The maximum absolute atomic E-state index is 10.7. The van der Waals surface area contributed by atoms with Gasteiger partial charge in [-0.15, -0.1) is 0 Å². The monoisotopic (exact) mass is 1130 g/mol. The summed E-state index contributed by atoms with van der Waals surface area (Å²) in [6.07, 6.45) is 0. The molecule has 12 aromatic rings. The van der Waals surface area contributed by atoms with Crippen LogP contribution < -0.4 is 0 Å². The minimum atomic E-state index is 0.0908. The Morgan fingerprint density at radius 1 is 0.303 bits per heavy atom. The number of hydrogen-bond donors (Lipinski definition) is 0. The van der Waals surface area contributed by atoms with Crippen LogP contribution in [0.5, 0.6) is 0 Å². The molecule has 0 unspecified atom stereocenters. The molecule has 0 N–H and O–H groups in total. The molecule has 15 nitrogen and oxygen atoms in total. The molecular weight excluding hydrogens is 1100 g/mol. The van der Waals surface area contributed by atoms with Crippen LogP contribution in [0.1, 0.15) is 44.5 Å². The number of aromatic nitrogens is 2. The van der Waals surface area contributed by atoms with E-state index in [1.54, 1.807) is 30.3 Å². The van der Waals surface area contributed by atoms with Gasteiger partial charge in [-0.25, -0.2) is 29.1 Å². The van der Waals surface area contributed by atoms with E-state index in [1.165, 1.54) is 48.5 Å². The molecule has 0 saturated carbocycles. The molecule has 12 rings (SSSR count). The summed E-state index contributed by atoms with van der Waals surface area (Å²) in [5, 5.41) is 74.9. The highest BCUT2D eigenvalue weighted by Gasteiger charge is 2.26. The summed E-state index contributed by atoms with van der Waals surface area (Å²) in [6, 6.07) is 60.2. The van der Waals surface area contributed by atoms with Gasteiger partial charge < -0.3 is 9.13 Å². The largest absolute Gasteiger partial charge is 0.309 e. The summed E-state index contributed by atoms with van der Waals surface area (Å²) in [5.74, 6) is 0. The summed E-state index contributed by atoms with van der Waals surface area (Å²) in [7, 11) is 0. The fraction of sp³-hybridized carbons (Fsp3) is 0.0135. The van der Waals surface area contributed by atoms with Crippen LogP contribution in [0.4, 0.5) is 34.1 Å². The summed E-state index contributed by atoms with van der Waals surface area (Å²) in [4.78, 5) is 22.0. The Morgan fingerprint density at radius 3 is 1.01 bits per heavy atom. The van der Waals surface area contributed by atoms with E-state index >= 15 is 0 Å². The quantitative estimate of drug-likeness (QED) is 0.141. The third-order valence-electron chi connectivity index (χ3n) is 15.7. The van der Waals surface area contributed by atoms with Crippen molar-refractivity contribution in [3.63, 3.8) is 0 Å². The number of fused-ring (bicyclic) bond motifs is 6. The van der Waals surface area contributed by atoms with Crippen LogP contribution in [0.3, 0.4) is 0 Å². The highest BCUT2D eigenvalue weighted by molar-refractivity contribution is 6.15. The van der Waals surface area contributed by atoms with Crippen LogP contribution in [0.25, 0.3) is 140 Å². The standard InChI is InChI=1S/C74H29N15/c1-41-8-14-55(70(20-41)89-68-18-12-46(72-50(38-79)22-44(36-77)25-62(72)85-5)29-59(68)60-31-48(13-19-69(60)89)74-52(40-81)27-54(83-3)33-64(74)87-7)56-23-42(34-75)9-15-65(56)88-66-16-10-45(71-49(37-78)21-43(35-76)24-61(71)84-4)28-57(66)58-30-47(11-17-67(58)88)73-51(39-80)26-53(82-2)32-63(73)86-6/h8-33H,1H3. The number of benzene rings is 10. The van der Waals surface area contributed by atoms with E-state index < -0.39 is 0 Å². The molecule has 0 amide bonds. The van der Waals surface area contributed by atoms with Crippen LogP contribution in [-0.4, -0.2) is 9.13 Å². The van der Waals surface area contributed by atoms with Crippen molar-refractivity contribution in [2.45, 2.75) is 6.92 Å². The number of nitrogens with zero attached hydrogens (tertiary/aromatic N) is 15. The number of rotatable bonds is 7. The van der Waals surface area contributed by atoms with Gasteiger partial charge in [0.1, 0.15) is 0 Å². The topological polar surface area (TPSA) is 203 Å². The lowest BCUT2D eigenvalue weighted by molar-refractivity contribution is 1.15. The van der Waals surface area contributed by atoms with Crippen LogP contribution in [0, 0.1) is 126 Å². The summed E-state index contributed by atoms with van der Waals surface area (Å²) < 4.78 is 4.10. The normalized spacial score (nSPS) is 10.4. The third-order valence-corrected chi connectivity index (χ3v) is 15.7. The zero-order valence-electron chi connectivity index (χ0n) is 46.2. The maximum Gasteiger partial charge on any atom is 0.197 e. The van der Waals surface area contributed by atoms with E-state index in [4.69, 9.17) is 39.4 Å². The van der Waals surface area contributed by atoms with Crippen molar-refractivity contribution in [1.29, 1.82) is 36.8 Å². The second-order valence-corrected chi connectivity index (χ2v) is 20.4. The van der Waals surface area contributed by atoms with Gasteiger partial charge in [0.15, 0.2) is 34.1 Å². The molecule has 2 heterocycles. The van der Waals surface area contributed by atoms with Crippen molar-refractivity contribution in [2.75, 3.05) is 0 Å². The van der Waals surface area contributed by atoms with E-state index in [0.717, 1.165) is 5.56 Å². The smallest absolute Gasteiger partial charge is 0.197 e. The molecule has 0 bridgehead atoms. The lowest BCUT2D eigenvalue weighted by atomic mass is 9.94. The molecular formula is C74H29N15. The summed E-state index contributed by atoms with van der Waals surface area (Å²) in [6.45, 7) is 50.0. The van der Waals surface area contributed by atoms with Crippen molar-refractivity contribution in [3.8, 4) is 109 Å². The molecule has 10 aromatic carbocycles. The van der Waals surface area contributed by atoms with E-state index in [0.29, 0.717) is 116 Å². The lowest BCUT2D eigenvalue weighted by Gasteiger charge is -2.20. The molecule has 2 aromatic heterocycles. The molecule has 89 heavy (non-hydrogen) atoms. The van der Waals surface area contributed by atoms with Gasteiger partial charge in [-0.05, 0) is 144 Å². The third kappa shape index (κ3) is 8.80. The Hall–Kier alpha value is -14.8. The lowest BCUT2D eigenvalue weighted by Crippen LogP contribution is -2.02. The first-order valence-electron chi connectivity index (χ1n) is 26.6. The van der Waals surface area contributed by atoms with Crippen LogP contribution in [0.15, 0.2) is 158 Å². The van der Waals surface area contributed by atoms with Gasteiger partial charge in [0.25, 0.3) is 0 Å². The second kappa shape index (κ2) is 21.8. The fourth-order valence-corrected chi connectivity index (χ4v) is 11.9. The van der Waals surface area contributed by atoms with E-state index in [1.807, 2.05) is 102 Å². The minimum absolute atomic E-state index is 0.0908. The van der Waals surface area contributed by atoms with Crippen LogP contribution >= 0.6 is 0 Å². The molecule has 0 spiro atoms. The molecule has 0 aliphatic carbocycles. The number of hydrogen-bond acceptors (Lipinski definition) is 7. The first-order chi connectivity index (χ1) is 43.4. The van der Waals surface area contributed by atoms with Gasteiger partial charge >= 0.3 is 0 Å². The average Bonchev–Trinajstić information content (AvgIpc) is 1.60. The highest BCUT2D eigenvalue weighted by Crippen LogP contribution is 2.48. The zero-order valence-corrected chi connectivity index (χ0v) is 46.2. The number of aryl methyl sites for hydroxylation is 1. The van der Waals surface area contributed by atoms with E-state index in [-0.39, 0.29) is 67.5 Å². The summed E-state index contributed by atoms with van der Waals surface area (Å²) >= 11 is 0. The van der Waals surface area contributed by atoms with Crippen molar-refractivity contribution in [3.05, 3.63) is 271 Å². The predicted octanol–water partition coefficient (Wildman–Crippen LogP) is 18.9. The first-order valence-corrected chi connectivity index (χ1v) is 26.6. The average molecular weight is 1130 g/mol. The maximum atomic E-state index is 10.7. The Kier molecular flexibility index (Phi) is 13.4.